The summed E-state index contributed by atoms with van der Waals surface area (Å²) in [6, 6.07) is 3.68. The summed E-state index contributed by atoms with van der Waals surface area (Å²) in [6.07, 6.45) is 1.68. The first-order valence-corrected chi connectivity index (χ1v) is 5.51. The van der Waals surface area contributed by atoms with Gasteiger partial charge in [-0.2, -0.15) is 0 Å². The first kappa shape index (κ1) is 12.2. The molecule has 0 radical (unpaired) electrons. The van der Waals surface area contributed by atoms with Crippen LogP contribution in [0.5, 0.6) is 0 Å². The Bertz CT molecular complexity index is 354. The van der Waals surface area contributed by atoms with Crippen LogP contribution in [0.4, 0.5) is 5.82 Å². The van der Waals surface area contributed by atoms with E-state index in [-0.39, 0.29) is 11.3 Å². The van der Waals surface area contributed by atoms with E-state index < -0.39 is 0 Å². The number of pyridine rings is 1. The van der Waals surface area contributed by atoms with Crippen molar-refractivity contribution in [2.24, 2.45) is 5.41 Å². The Morgan fingerprint density at radius 2 is 2.00 bits per heavy atom. The van der Waals surface area contributed by atoms with E-state index in [1.54, 1.807) is 18.1 Å². The molecule has 1 aromatic rings. The van der Waals surface area contributed by atoms with Crippen LogP contribution in [0.1, 0.15) is 20.8 Å². The van der Waals surface area contributed by atoms with Crippen molar-refractivity contribution in [3.8, 4) is 0 Å². The van der Waals surface area contributed by atoms with Crippen molar-refractivity contribution >= 4 is 27.7 Å². The zero-order valence-corrected chi connectivity index (χ0v) is 11.0. The lowest BCUT2D eigenvalue weighted by Gasteiger charge is -2.25. The van der Waals surface area contributed by atoms with Crippen LogP contribution < -0.4 is 4.90 Å². The maximum absolute atomic E-state index is 11.9. The van der Waals surface area contributed by atoms with E-state index in [0.717, 1.165) is 4.47 Å². The van der Waals surface area contributed by atoms with E-state index >= 15 is 0 Å². The van der Waals surface area contributed by atoms with Gasteiger partial charge >= 0.3 is 0 Å². The van der Waals surface area contributed by atoms with Crippen molar-refractivity contribution < 1.29 is 4.79 Å². The topological polar surface area (TPSA) is 33.2 Å². The van der Waals surface area contributed by atoms with E-state index in [4.69, 9.17) is 0 Å². The highest BCUT2D eigenvalue weighted by molar-refractivity contribution is 9.10. The molecule has 0 aliphatic carbocycles. The zero-order valence-electron chi connectivity index (χ0n) is 9.41. The first-order chi connectivity index (χ1) is 6.82. The maximum Gasteiger partial charge on any atom is 0.233 e. The molecule has 0 saturated heterocycles. The number of nitrogens with zero attached hydrogens (tertiary/aromatic N) is 2. The third-order valence-electron chi connectivity index (χ3n) is 2.00. The SMILES string of the molecule is CN(C(=O)C(C)(C)C)c1ccc(Br)cn1. The van der Waals surface area contributed by atoms with Crippen molar-refractivity contribution in [3.05, 3.63) is 22.8 Å². The summed E-state index contributed by atoms with van der Waals surface area (Å²) in [5, 5.41) is 0. The largest absolute Gasteiger partial charge is 0.300 e. The highest BCUT2D eigenvalue weighted by atomic mass is 79.9. The molecule has 0 bridgehead atoms. The van der Waals surface area contributed by atoms with Gasteiger partial charge in [0, 0.05) is 23.1 Å². The van der Waals surface area contributed by atoms with Crippen LogP contribution in [0.2, 0.25) is 0 Å². The Kier molecular flexibility index (Phi) is 3.50. The highest BCUT2D eigenvalue weighted by Gasteiger charge is 2.26. The maximum atomic E-state index is 11.9. The number of amides is 1. The van der Waals surface area contributed by atoms with Gasteiger partial charge in [0.15, 0.2) is 0 Å². The number of aromatic nitrogens is 1. The van der Waals surface area contributed by atoms with Gasteiger partial charge in [0.1, 0.15) is 5.82 Å². The molecule has 82 valence electrons. The molecule has 0 spiro atoms. The van der Waals surface area contributed by atoms with E-state index in [2.05, 4.69) is 20.9 Å². The number of carbonyl (C=O) groups excluding carboxylic acids is 1. The monoisotopic (exact) mass is 270 g/mol. The molecule has 0 unspecified atom stereocenters. The second-order valence-electron chi connectivity index (χ2n) is 4.45. The lowest BCUT2D eigenvalue weighted by atomic mass is 9.95. The molecule has 0 fully saturated rings. The molecular formula is C11H15BrN2O. The van der Waals surface area contributed by atoms with Crippen molar-refractivity contribution in [3.63, 3.8) is 0 Å². The molecule has 0 N–H and O–H groups in total. The van der Waals surface area contributed by atoms with Crippen molar-refractivity contribution in [1.82, 2.24) is 4.98 Å². The van der Waals surface area contributed by atoms with Crippen LogP contribution in [0.3, 0.4) is 0 Å². The third-order valence-corrected chi connectivity index (χ3v) is 2.47. The summed E-state index contributed by atoms with van der Waals surface area (Å²) < 4.78 is 0.905. The number of hydrogen-bond donors (Lipinski definition) is 0. The third kappa shape index (κ3) is 3.02. The van der Waals surface area contributed by atoms with Gasteiger partial charge in [0.05, 0.1) is 0 Å². The molecule has 0 aliphatic rings. The quantitative estimate of drug-likeness (QED) is 0.786. The van der Waals surface area contributed by atoms with Gasteiger partial charge in [0.2, 0.25) is 5.91 Å². The van der Waals surface area contributed by atoms with Gasteiger partial charge in [-0.15, -0.1) is 0 Å². The van der Waals surface area contributed by atoms with Gasteiger partial charge in [-0.3, -0.25) is 9.69 Å². The van der Waals surface area contributed by atoms with Crippen LogP contribution in [-0.2, 0) is 4.79 Å². The summed E-state index contributed by atoms with van der Waals surface area (Å²) in [7, 11) is 1.74. The Morgan fingerprint density at radius 3 is 2.40 bits per heavy atom. The average Bonchev–Trinajstić information content (AvgIpc) is 2.15. The number of halogens is 1. The van der Waals surface area contributed by atoms with Crippen molar-refractivity contribution in [2.45, 2.75) is 20.8 Å². The molecule has 0 atom stereocenters. The molecule has 0 aromatic carbocycles. The summed E-state index contributed by atoms with van der Waals surface area (Å²) in [4.78, 5) is 17.7. The van der Waals surface area contributed by atoms with E-state index in [1.807, 2.05) is 32.9 Å². The number of hydrogen-bond acceptors (Lipinski definition) is 2. The van der Waals surface area contributed by atoms with Crippen LogP contribution in [0.15, 0.2) is 22.8 Å². The van der Waals surface area contributed by atoms with Crippen LogP contribution in [-0.4, -0.2) is 17.9 Å². The Balaban J connectivity index is 2.90. The summed E-state index contributed by atoms with van der Waals surface area (Å²) in [6.45, 7) is 5.68. The smallest absolute Gasteiger partial charge is 0.233 e. The first-order valence-electron chi connectivity index (χ1n) is 4.72. The van der Waals surface area contributed by atoms with Crippen molar-refractivity contribution in [2.75, 3.05) is 11.9 Å². The molecule has 0 saturated carbocycles. The van der Waals surface area contributed by atoms with E-state index in [1.165, 1.54) is 0 Å². The molecule has 1 heterocycles. The van der Waals surface area contributed by atoms with Gasteiger partial charge < -0.3 is 0 Å². The average molecular weight is 271 g/mol. The Hall–Kier alpha value is -0.900. The van der Waals surface area contributed by atoms with Gasteiger partial charge in [-0.05, 0) is 28.1 Å². The minimum Gasteiger partial charge on any atom is -0.300 e. The second-order valence-corrected chi connectivity index (χ2v) is 5.36. The molecular weight excluding hydrogens is 256 g/mol. The lowest BCUT2D eigenvalue weighted by Crippen LogP contribution is -2.37. The normalized spacial score (nSPS) is 11.3. The summed E-state index contributed by atoms with van der Waals surface area (Å²) in [5.41, 5.74) is -0.385. The number of anilines is 1. The van der Waals surface area contributed by atoms with Crippen molar-refractivity contribution in [1.29, 1.82) is 0 Å². The molecule has 15 heavy (non-hydrogen) atoms. The van der Waals surface area contributed by atoms with E-state index in [9.17, 15) is 4.79 Å². The molecule has 0 aliphatic heterocycles. The fourth-order valence-electron chi connectivity index (χ4n) is 1.17. The summed E-state index contributed by atoms with van der Waals surface area (Å²) >= 11 is 3.31. The standard InChI is InChI=1S/C11H15BrN2O/c1-11(2,3)10(15)14(4)9-6-5-8(12)7-13-9/h5-7H,1-4H3. The fraction of sp³-hybridized carbons (Fsp3) is 0.455. The van der Waals surface area contributed by atoms with Gasteiger partial charge in [-0.25, -0.2) is 4.98 Å². The predicted octanol–water partition coefficient (Wildman–Crippen LogP) is 2.85. The Labute approximate surface area is 98.6 Å². The number of carbonyl (C=O) groups is 1. The predicted molar refractivity (Wildman–Crippen MR) is 64.8 cm³/mol. The fourth-order valence-corrected chi connectivity index (χ4v) is 1.41. The van der Waals surface area contributed by atoms with E-state index in [0.29, 0.717) is 5.82 Å². The van der Waals surface area contributed by atoms with Gasteiger partial charge in [-0.1, -0.05) is 20.8 Å². The molecule has 3 nitrogen and oxygen atoms in total. The molecule has 1 amide bonds. The van der Waals surface area contributed by atoms with Crippen LogP contribution >= 0.6 is 15.9 Å². The summed E-state index contributed by atoms with van der Waals surface area (Å²) in [5.74, 6) is 0.718. The Morgan fingerprint density at radius 1 is 1.40 bits per heavy atom. The van der Waals surface area contributed by atoms with Crippen LogP contribution in [0.25, 0.3) is 0 Å². The van der Waals surface area contributed by atoms with Crippen LogP contribution in [0, 0.1) is 5.41 Å². The van der Waals surface area contributed by atoms with Gasteiger partial charge in [0.25, 0.3) is 0 Å². The number of rotatable bonds is 1. The molecule has 1 aromatic heterocycles. The molecule has 1 rings (SSSR count). The minimum absolute atomic E-state index is 0.0531. The lowest BCUT2D eigenvalue weighted by molar-refractivity contribution is -0.125. The minimum atomic E-state index is -0.385. The molecule has 4 heteroatoms. The highest BCUT2D eigenvalue weighted by Crippen LogP contribution is 2.21. The second kappa shape index (κ2) is 4.31. The zero-order chi connectivity index (χ0) is 11.6.